The molecule has 2 heterocycles. The van der Waals surface area contributed by atoms with Crippen LogP contribution in [0.5, 0.6) is 17.2 Å². The molecule has 1 amide bonds. The third kappa shape index (κ3) is 5.38. The van der Waals surface area contributed by atoms with E-state index in [2.05, 4.69) is 20.2 Å². The monoisotopic (exact) mass is 443 g/mol. The zero-order valence-corrected chi connectivity index (χ0v) is 19.0. The first-order chi connectivity index (χ1) is 15.5. The van der Waals surface area contributed by atoms with E-state index in [0.717, 1.165) is 18.7 Å². The molecular weight excluding hydrogens is 414 g/mol. The van der Waals surface area contributed by atoms with Crippen molar-refractivity contribution in [1.82, 2.24) is 9.97 Å². The fourth-order valence-corrected chi connectivity index (χ4v) is 3.25. The van der Waals surface area contributed by atoms with Crippen LogP contribution in [0.3, 0.4) is 0 Å². The molecule has 1 saturated heterocycles. The van der Waals surface area contributed by atoms with E-state index in [0.29, 0.717) is 47.9 Å². The summed E-state index contributed by atoms with van der Waals surface area (Å²) in [7, 11) is 8.36. The first-order valence-corrected chi connectivity index (χ1v) is 10.1. The second kappa shape index (κ2) is 10.7. The standard InChI is InChI=1S/C22H29N5O5/c1-26(2)21-16(14-23-22(25-21)27-8-10-32-11-9-27)24-19(28)7-6-15-12-17(29-3)20(31-5)18(13-15)30-4/h6-7,12-14H,8-11H2,1-5H3,(H,24,28)/b7-6+. The first kappa shape index (κ1) is 23.1. The van der Waals surface area contributed by atoms with Crippen LogP contribution in [0.15, 0.2) is 24.4 Å². The van der Waals surface area contributed by atoms with Gasteiger partial charge in [-0.2, -0.15) is 4.98 Å². The van der Waals surface area contributed by atoms with Gasteiger partial charge >= 0.3 is 0 Å². The van der Waals surface area contributed by atoms with Gasteiger partial charge in [-0.25, -0.2) is 4.98 Å². The summed E-state index contributed by atoms with van der Waals surface area (Å²) >= 11 is 0. The summed E-state index contributed by atoms with van der Waals surface area (Å²) in [5, 5.41) is 2.85. The predicted molar refractivity (Wildman–Crippen MR) is 123 cm³/mol. The maximum absolute atomic E-state index is 12.6. The number of amides is 1. The first-order valence-electron chi connectivity index (χ1n) is 10.1. The predicted octanol–water partition coefficient (Wildman–Crippen LogP) is 2.06. The van der Waals surface area contributed by atoms with Gasteiger partial charge in [0.15, 0.2) is 17.3 Å². The second-order valence-electron chi connectivity index (χ2n) is 7.18. The zero-order valence-electron chi connectivity index (χ0n) is 19.0. The third-order valence-corrected chi connectivity index (χ3v) is 4.85. The Morgan fingerprint density at radius 2 is 1.78 bits per heavy atom. The number of rotatable bonds is 8. The summed E-state index contributed by atoms with van der Waals surface area (Å²) in [6.07, 6.45) is 4.71. The van der Waals surface area contributed by atoms with Gasteiger partial charge in [-0.1, -0.05) is 0 Å². The molecule has 1 N–H and O–H groups in total. The summed E-state index contributed by atoms with van der Waals surface area (Å²) in [4.78, 5) is 25.6. The van der Waals surface area contributed by atoms with Crippen LogP contribution in [-0.4, -0.2) is 77.6 Å². The van der Waals surface area contributed by atoms with Crippen LogP contribution in [0.25, 0.3) is 6.08 Å². The quantitative estimate of drug-likeness (QED) is 0.615. The fraction of sp³-hybridized carbons (Fsp3) is 0.409. The zero-order chi connectivity index (χ0) is 23.1. The molecule has 1 fully saturated rings. The molecule has 0 radical (unpaired) electrons. The molecule has 1 aliphatic heterocycles. The number of nitrogens with zero attached hydrogens (tertiary/aromatic N) is 4. The Balaban J connectivity index is 1.77. The van der Waals surface area contributed by atoms with E-state index in [4.69, 9.17) is 18.9 Å². The fourth-order valence-electron chi connectivity index (χ4n) is 3.25. The van der Waals surface area contributed by atoms with Crippen molar-refractivity contribution in [2.24, 2.45) is 0 Å². The number of nitrogens with one attached hydrogen (secondary N) is 1. The highest BCUT2D eigenvalue weighted by atomic mass is 16.5. The van der Waals surface area contributed by atoms with Crippen LogP contribution in [0.1, 0.15) is 5.56 Å². The molecule has 172 valence electrons. The van der Waals surface area contributed by atoms with E-state index in [1.807, 2.05) is 19.0 Å². The molecule has 0 atom stereocenters. The summed E-state index contributed by atoms with van der Waals surface area (Å²) in [5.41, 5.74) is 1.24. The van der Waals surface area contributed by atoms with Crippen LogP contribution in [0.2, 0.25) is 0 Å². The smallest absolute Gasteiger partial charge is 0.248 e. The van der Waals surface area contributed by atoms with Crippen molar-refractivity contribution in [3.8, 4) is 17.2 Å². The lowest BCUT2D eigenvalue weighted by Gasteiger charge is -2.28. The van der Waals surface area contributed by atoms with E-state index < -0.39 is 0 Å². The van der Waals surface area contributed by atoms with Crippen LogP contribution >= 0.6 is 0 Å². The lowest BCUT2D eigenvalue weighted by molar-refractivity contribution is -0.111. The van der Waals surface area contributed by atoms with Crippen molar-refractivity contribution in [1.29, 1.82) is 0 Å². The van der Waals surface area contributed by atoms with Gasteiger partial charge in [0.2, 0.25) is 17.6 Å². The average molecular weight is 444 g/mol. The Morgan fingerprint density at radius 1 is 1.12 bits per heavy atom. The van der Waals surface area contributed by atoms with Gasteiger partial charge < -0.3 is 34.1 Å². The molecule has 1 aliphatic rings. The minimum atomic E-state index is -0.315. The largest absolute Gasteiger partial charge is 0.493 e. The van der Waals surface area contributed by atoms with Crippen molar-refractivity contribution in [2.45, 2.75) is 0 Å². The average Bonchev–Trinajstić information content (AvgIpc) is 2.82. The Bertz CT molecular complexity index is 948. The van der Waals surface area contributed by atoms with Crippen molar-refractivity contribution in [3.63, 3.8) is 0 Å². The lowest BCUT2D eigenvalue weighted by Crippen LogP contribution is -2.37. The summed E-state index contributed by atoms with van der Waals surface area (Å²) < 4.78 is 21.4. The van der Waals surface area contributed by atoms with Crippen molar-refractivity contribution >= 4 is 29.4 Å². The SMILES string of the molecule is COc1cc(/C=C/C(=O)Nc2cnc(N3CCOCC3)nc2N(C)C)cc(OC)c1OC. The maximum atomic E-state index is 12.6. The highest BCUT2D eigenvalue weighted by Gasteiger charge is 2.18. The van der Waals surface area contributed by atoms with E-state index in [1.165, 1.54) is 13.2 Å². The number of benzene rings is 1. The van der Waals surface area contributed by atoms with Crippen LogP contribution in [0, 0.1) is 0 Å². The van der Waals surface area contributed by atoms with Gasteiger partial charge in [-0.3, -0.25) is 4.79 Å². The Morgan fingerprint density at radius 3 is 2.34 bits per heavy atom. The summed E-state index contributed by atoms with van der Waals surface area (Å²) in [5.74, 6) is 2.43. The van der Waals surface area contributed by atoms with Gasteiger partial charge in [0.05, 0.1) is 40.7 Å². The van der Waals surface area contributed by atoms with Gasteiger partial charge in [-0.05, 0) is 23.8 Å². The number of ether oxygens (including phenoxy) is 4. The molecule has 32 heavy (non-hydrogen) atoms. The number of carbonyl (C=O) groups excluding carboxylic acids is 1. The number of methoxy groups -OCH3 is 3. The number of hydrogen-bond acceptors (Lipinski definition) is 9. The molecule has 2 aromatic rings. The maximum Gasteiger partial charge on any atom is 0.248 e. The summed E-state index contributed by atoms with van der Waals surface area (Å²) in [6, 6.07) is 3.52. The summed E-state index contributed by atoms with van der Waals surface area (Å²) in [6.45, 7) is 2.75. The molecule has 1 aromatic carbocycles. The van der Waals surface area contributed by atoms with Gasteiger partial charge in [0, 0.05) is 33.3 Å². The molecule has 0 bridgehead atoms. The molecule has 10 heteroatoms. The van der Waals surface area contributed by atoms with Gasteiger partial charge in [0.25, 0.3) is 0 Å². The normalized spacial score (nSPS) is 13.7. The number of hydrogen-bond donors (Lipinski definition) is 1. The molecule has 0 spiro atoms. The molecule has 0 unspecified atom stereocenters. The van der Waals surface area contributed by atoms with E-state index in [-0.39, 0.29) is 5.91 Å². The van der Waals surface area contributed by atoms with Gasteiger partial charge in [-0.15, -0.1) is 0 Å². The van der Waals surface area contributed by atoms with Crippen molar-refractivity contribution in [2.75, 3.05) is 76.8 Å². The third-order valence-electron chi connectivity index (χ3n) is 4.85. The number of aromatic nitrogens is 2. The minimum absolute atomic E-state index is 0.315. The van der Waals surface area contributed by atoms with E-state index in [1.54, 1.807) is 38.6 Å². The Hall–Kier alpha value is -3.53. The Kier molecular flexibility index (Phi) is 7.72. The molecule has 1 aromatic heterocycles. The van der Waals surface area contributed by atoms with Crippen LogP contribution in [0.4, 0.5) is 17.5 Å². The van der Waals surface area contributed by atoms with Crippen molar-refractivity contribution in [3.05, 3.63) is 30.0 Å². The molecule has 0 aliphatic carbocycles. The number of carbonyl (C=O) groups is 1. The van der Waals surface area contributed by atoms with Crippen LogP contribution < -0.4 is 29.3 Å². The number of anilines is 3. The minimum Gasteiger partial charge on any atom is -0.493 e. The molecule has 0 saturated carbocycles. The van der Waals surface area contributed by atoms with E-state index in [9.17, 15) is 4.79 Å². The highest BCUT2D eigenvalue weighted by Crippen LogP contribution is 2.38. The second-order valence-corrected chi connectivity index (χ2v) is 7.18. The van der Waals surface area contributed by atoms with E-state index >= 15 is 0 Å². The highest BCUT2D eigenvalue weighted by molar-refractivity contribution is 6.03. The number of morpholine rings is 1. The van der Waals surface area contributed by atoms with Crippen LogP contribution in [-0.2, 0) is 9.53 Å². The topological polar surface area (TPSA) is 98.3 Å². The molecule has 10 nitrogen and oxygen atoms in total. The molecular formula is C22H29N5O5. The molecule has 3 rings (SSSR count). The lowest BCUT2D eigenvalue weighted by atomic mass is 10.1. The Labute approximate surface area is 187 Å². The van der Waals surface area contributed by atoms with Crippen molar-refractivity contribution < 1.29 is 23.7 Å². The van der Waals surface area contributed by atoms with Gasteiger partial charge in [0.1, 0.15) is 5.69 Å².